The van der Waals surface area contributed by atoms with Crippen molar-refractivity contribution in [2.75, 3.05) is 7.11 Å². The Labute approximate surface area is 140 Å². The molecule has 1 fully saturated rings. The molecule has 0 aromatic heterocycles. The Balaban J connectivity index is 1.94. The van der Waals surface area contributed by atoms with Crippen molar-refractivity contribution in [3.63, 3.8) is 0 Å². The Kier molecular flexibility index (Phi) is 4.51. The van der Waals surface area contributed by atoms with E-state index in [0.29, 0.717) is 12.3 Å². The van der Waals surface area contributed by atoms with Gasteiger partial charge in [0, 0.05) is 24.9 Å². The summed E-state index contributed by atoms with van der Waals surface area (Å²) in [5.74, 6) is -1.54. The van der Waals surface area contributed by atoms with Gasteiger partial charge in [0.05, 0.1) is 13.2 Å². The van der Waals surface area contributed by atoms with Crippen molar-refractivity contribution in [3.05, 3.63) is 65.7 Å². The van der Waals surface area contributed by atoms with Crippen LogP contribution >= 0.6 is 0 Å². The third-order valence-electron chi connectivity index (χ3n) is 4.39. The van der Waals surface area contributed by atoms with Crippen LogP contribution in [-0.4, -0.2) is 23.9 Å². The number of hydrogen-bond donors (Lipinski definition) is 0. The van der Waals surface area contributed by atoms with Gasteiger partial charge in [0.25, 0.3) is 0 Å². The van der Waals surface area contributed by atoms with Crippen LogP contribution in [0.3, 0.4) is 0 Å². The first-order chi connectivity index (χ1) is 11.6. The second kappa shape index (κ2) is 6.74. The van der Waals surface area contributed by atoms with Gasteiger partial charge in [-0.3, -0.25) is 4.79 Å². The Hall–Kier alpha value is -2.82. The van der Waals surface area contributed by atoms with E-state index in [4.69, 9.17) is 4.74 Å². The van der Waals surface area contributed by atoms with E-state index in [1.807, 2.05) is 30.3 Å². The zero-order valence-corrected chi connectivity index (χ0v) is 13.3. The van der Waals surface area contributed by atoms with Gasteiger partial charge in [-0.1, -0.05) is 42.5 Å². The van der Waals surface area contributed by atoms with E-state index in [-0.39, 0.29) is 12.3 Å². The van der Waals surface area contributed by atoms with Crippen molar-refractivity contribution in [3.8, 4) is 5.75 Å². The first-order valence-corrected chi connectivity index (χ1v) is 7.78. The Morgan fingerprint density at radius 3 is 2.42 bits per heavy atom. The number of amides is 1. The van der Waals surface area contributed by atoms with Crippen molar-refractivity contribution in [1.29, 1.82) is 0 Å². The Morgan fingerprint density at radius 1 is 1.17 bits per heavy atom. The lowest BCUT2D eigenvalue weighted by molar-refractivity contribution is -0.312. The van der Waals surface area contributed by atoms with Gasteiger partial charge in [0.15, 0.2) is 0 Å². The predicted molar refractivity (Wildman–Crippen MR) is 85.8 cm³/mol. The number of carboxylic acids is 1. The van der Waals surface area contributed by atoms with E-state index in [1.54, 1.807) is 36.3 Å². The fraction of sp³-hybridized carbons (Fsp3) is 0.263. The van der Waals surface area contributed by atoms with Gasteiger partial charge in [-0.25, -0.2) is 0 Å². The molecule has 2 atom stereocenters. The summed E-state index contributed by atoms with van der Waals surface area (Å²) in [5.41, 5.74) is 1.73. The number of rotatable bonds is 5. The summed E-state index contributed by atoms with van der Waals surface area (Å²) < 4.78 is 5.14. The molecule has 5 heteroatoms. The van der Waals surface area contributed by atoms with Crippen molar-refractivity contribution in [1.82, 2.24) is 4.90 Å². The number of benzene rings is 2. The third-order valence-corrected chi connectivity index (χ3v) is 4.39. The summed E-state index contributed by atoms with van der Waals surface area (Å²) in [6.45, 7) is 0.375. The first-order valence-electron chi connectivity index (χ1n) is 7.78. The lowest BCUT2D eigenvalue weighted by Gasteiger charge is -2.29. The topological polar surface area (TPSA) is 69.7 Å². The van der Waals surface area contributed by atoms with Gasteiger partial charge < -0.3 is 19.5 Å². The lowest BCUT2D eigenvalue weighted by atomic mass is 9.93. The highest BCUT2D eigenvalue weighted by atomic mass is 16.5. The normalized spacial score (nSPS) is 20.2. The fourth-order valence-electron chi connectivity index (χ4n) is 3.18. The number of ether oxygens (including phenoxy) is 1. The SMILES string of the molecule is COc1ccc([C@H]2[C@@H](C(=O)[O-])CC(=O)N2Cc2ccccc2)cc1. The van der Waals surface area contributed by atoms with E-state index in [0.717, 1.165) is 11.1 Å². The standard InChI is InChI=1S/C19H19NO4/c1-24-15-9-7-14(8-10-15)18-16(19(22)23)11-17(21)20(18)12-13-5-3-2-4-6-13/h2-10,16,18H,11-12H2,1H3,(H,22,23)/p-1/t16-,18-/m0/s1. The second-order valence-electron chi connectivity index (χ2n) is 5.85. The number of methoxy groups -OCH3 is 1. The number of carbonyl (C=O) groups excluding carboxylic acids is 2. The van der Waals surface area contributed by atoms with Crippen LogP contribution in [0.15, 0.2) is 54.6 Å². The van der Waals surface area contributed by atoms with Crippen molar-refractivity contribution < 1.29 is 19.4 Å². The number of carbonyl (C=O) groups is 2. The van der Waals surface area contributed by atoms with E-state index >= 15 is 0 Å². The van der Waals surface area contributed by atoms with Crippen molar-refractivity contribution in [2.45, 2.75) is 19.0 Å². The zero-order valence-electron chi connectivity index (χ0n) is 13.3. The number of carboxylic acid groups (broad SMARTS) is 1. The lowest BCUT2D eigenvalue weighted by Crippen LogP contribution is -2.36. The molecule has 0 saturated carbocycles. The van der Waals surface area contributed by atoms with E-state index < -0.39 is 17.9 Å². The molecule has 2 aromatic carbocycles. The molecule has 1 aliphatic heterocycles. The summed E-state index contributed by atoms with van der Waals surface area (Å²) in [6.07, 6.45) is -0.0359. The molecule has 3 rings (SSSR count). The van der Waals surface area contributed by atoms with Crippen LogP contribution in [0.4, 0.5) is 0 Å². The van der Waals surface area contributed by atoms with Gasteiger partial charge in [0.1, 0.15) is 5.75 Å². The summed E-state index contributed by atoms with van der Waals surface area (Å²) in [4.78, 5) is 25.6. The van der Waals surface area contributed by atoms with Gasteiger partial charge in [-0.2, -0.15) is 0 Å². The van der Waals surface area contributed by atoms with Gasteiger partial charge in [0.2, 0.25) is 5.91 Å². The molecule has 0 N–H and O–H groups in total. The molecule has 2 aromatic rings. The molecule has 0 unspecified atom stereocenters. The molecule has 1 heterocycles. The molecule has 24 heavy (non-hydrogen) atoms. The average molecular weight is 324 g/mol. The van der Waals surface area contributed by atoms with Gasteiger partial charge in [-0.05, 0) is 23.3 Å². The Morgan fingerprint density at radius 2 is 1.83 bits per heavy atom. The molecule has 0 bridgehead atoms. The number of hydrogen-bond acceptors (Lipinski definition) is 4. The first kappa shape index (κ1) is 16.1. The average Bonchev–Trinajstić information content (AvgIpc) is 2.93. The maximum Gasteiger partial charge on any atom is 0.224 e. The van der Waals surface area contributed by atoms with E-state index in [1.165, 1.54) is 0 Å². The molecule has 1 amide bonds. The van der Waals surface area contributed by atoms with Gasteiger partial charge in [-0.15, -0.1) is 0 Å². The molecule has 1 aliphatic rings. The largest absolute Gasteiger partial charge is 0.550 e. The Bertz CT molecular complexity index is 727. The monoisotopic (exact) mass is 324 g/mol. The van der Waals surface area contributed by atoms with Crippen LogP contribution in [-0.2, 0) is 16.1 Å². The molecular weight excluding hydrogens is 306 g/mol. The highest BCUT2D eigenvalue weighted by Crippen LogP contribution is 2.39. The number of likely N-dealkylation sites (tertiary alicyclic amines) is 1. The van der Waals surface area contributed by atoms with Crippen molar-refractivity contribution in [2.24, 2.45) is 5.92 Å². The third kappa shape index (κ3) is 3.11. The van der Waals surface area contributed by atoms with Crippen LogP contribution < -0.4 is 9.84 Å². The minimum atomic E-state index is -1.19. The molecule has 0 aliphatic carbocycles. The number of aliphatic carboxylic acids is 1. The highest BCUT2D eigenvalue weighted by Gasteiger charge is 2.41. The van der Waals surface area contributed by atoms with Gasteiger partial charge >= 0.3 is 0 Å². The van der Waals surface area contributed by atoms with Crippen LogP contribution in [0.25, 0.3) is 0 Å². The summed E-state index contributed by atoms with van der Waals surface area (Å²) in [6, 6.07) is 16.1. The second-order valence-corrected chi connectivity index (χ2v) is 5.85. The van der Waals surface area contributed by atoms with Crippen LogP contribution in [0.1, 0.15) is 23.6 Å². The van der Waals surface area contributed by atoms with Crippen LogP contribution in [0, 0.1) is 5.92 Å². The summed E-state index contributed by atoms with van der Waals surface area (Å²) in [5, 5.41) is 11.5. The minimum absolute atomic E-state index is 0.0359. The van der Waals surface area contributed by atoms with Crippen LogP contribution in [0.2, 0.25) is 0 Å². The number of nitrogens with zero attached hydrogens (tertiary/aromatic N) is 1. The van der Waals surface area contributed by atoms with Crippen LogP contribution in [0.5, 0.6) is 5.75 Å². The summed E-state index contributed by atoms with van der Waals surface area (Å²) >= 11 is 0. The fourth-order valence-corrected chi connectivity index (χ4v) is 3.18. The molecular formula is C19H18NO4-. The quantitative estimate of drug-likeness (QED) is 0.836. The molecule has 5 nitrogen and oxygen atoms in total. The maximum atomic E-state index is 12.4. The van der Waals surface area contributed by atoms with E-state index in [2.05, 4.69) is 0 Å². The van der Waals surface area contributed by atoms with Crippen molar-refractivity contribution >= 4 is 11.9 Å². The smallest absolute Gasteiger partial charge is 0.224 e. The van der Waals surface area contributed by atoms with E-state index in [9.17, 15) is 14.7 Å². The summed E-state index contributed by atoms with van der Waals surface area (Å²) in [7, 11) is 1.57. The zero-order chi connectivity index (χ0) is 17.1. The molecule has 1 saturated heterocycles. The molecule has 0 radical (unpaired) electrons. The highest BCUT2D eigenvalue weighted by molar-refractivity contribution is 5.86. The molecule has 0 spiro atoms. The molecule has 124 valence electrons. The minimum Gasteiger partial charge on any atom is -0.550 e. The predicted octanol–water partition coefficient (Wildman–Crippen LogP) is 1.53. The maximum absolute atomic E-state index is 12.4.